The maximum absolute atomic E-state index is 14.4. The first kappa shape index (κ1) is 19.8. The molecule has 2 saturated carbocycles. The first-order chi connectivity index (χ1) is 13.6. The third-order valence-corrected chi connectivity index (χ3v) is 6.00. The number of halogens is 5. The summed E-state index contributed by atoms with van der Waals surface area (Å²) in [4.78, 5) is 12.4. The smallest absolute Gasteiger partial charge is 0.311 e. The van der Waals surface area contributed by atoms with Crippen LogP contribution in [0.5, 0.6) is 0 Å². The molecule has 0 unspecified atom stereocenters. The number of hydrogen-bond donors (Lipinski definition) is 1. The number of nitrogens with one attached hydrogen (secondary N) is 1. The minimum atomic E-state index is -4.42. The Morgan fingerprint density at radius 2 is 1.97 bits per heavy atom. The lowest BCUT2D eigenvalue weighted by Crippen LogP contribution is -2.30. The number of alkyl halides is 3. The van der Waals surface area contributed by atoms with Gasteiger partial charge in [-0.1, -0.05) is 6.42 Å². The van der Waals surface area contributed by atoms with Crippen LogP contribution in [-0.2, 0) is 11.8 Å². The zero-order valence-corrected chi connectivity index (χ0v) is 15.7. The maximum atomic E-state index is 14.4. The highest BCUT2D eigenvalue weighted by Gasteiger charge is 2.63. The van der Waals surface area contributed by atoms with Crippen LogP contribution >= 0.6 is 0 Å². The summed E-state index contributed by atoms with van der Waals surface area (Å²) in [5.74, 6) is -1.96. The van der Waals surface area contributed by atoms with Crippen LogP contribution in [0.3, 0.4) is 0 Å². The van der Waals surface area contributed by atoms with Gasteiger partial charge in [0, 0.05) is 30.7 Å². The Hall–Kier alpha value is -2.45. The second-order valence-corrected chi connectivity index (χ2v) is 7.99. The van der Waals surface area contributed by atoms with Crippen molar-refractivity contribution in [3.8, 4) is 11.3 Å². The van der Waals surface area contributed by atoms with Crippen LogP contribution in [0.4, 0.5) is 27.8 Å². The molecule has 2 aliphatic rings. The number of anilines is 1. The summed E-state index contributed by atoms with van der Waals surface area (Å²) in [6, 6.07) is 3.16. The van der Waals surface area contributed by atoms with E-state index in [0.29, 0.717) is 5.56 Å². The van der Waals surface area contributed by atoms with Crippen molar-refractivity contribution < 1.29 is 26.7 Å². The van der Waals surface area contributed by atoms with Gasteiger partial charge in [-0.05, 0) is 43.7 Å². The van der Waals surface area contributed by atoms with Gasteiger partial charge in [0.15, 0.2) is 0 Å². The first-order valence-corrected chi connectivity index (χ1v) is 9.50. The Kier molecular flexibility index (Phi) is 4.66. The summed E-state index contributed by atoms with van der Waals surface area (Å²) in [6.45, 7) is 0. The lowest BCUT2D eigenvalue weighted by molar-refractivity contribution is -0.189. The van der Waals surface area contributed by atoms with Crippen LogP contribution < -0.4 is 5.32 Å². The van der Waals surface area contributed by atoms with Gasteiger partial charge in [0.25, 0.3) is 0 Å². The Balaban J connectivity index is 1.67. The number of hydrogen-bond acceptors (Lipinski definition) is 2. The molecule has 1 heterocycles. The van der Waals surface area contributed by atoms with Gasteiger partial charge < -0.3 is 5.32 Å². The third kappa shape index (κ3) is 3.51. The normalized spacial score (nSPS) is 18.4. The SMILES string of the molecule is Cn1nc(-c2ccc(F)cc2F)c(C2CCC2)c1NC(=O)CC1(C(F)(F)F)CC1. The molecule has 1 N–H and O–H groups in total. The molecule has 4 rings (SSSR count). The Bertz CT molecular complexity index is 958. The number of amides is 1. The predicted molar refractivity (Wildman–Crippen MR) is 96.1 cm³/mol. The monoisotopic (exact) mass is 413 g/mol. The number of aromatic nitrogens is 2. The lowest BCUT2D eigenvalue weighted by atomic mass is 9.79. The topological polar surface area (TPSA) is 46.9 Å². The highest BCUT2D eigenvalue weighted by Crippen LogP contribution is 2.60. The van der Waals surface area contributed by atoms with E-state index in [0.717, 1.165) is 31.4 Å². The van der Waals surface area contributed by atoms with Gasteiger partial charge >= 0.3 is 6.18 Å². The minimum Gasteiger partial charge on any atom is -0.311 e. The fourth-order valence-corrected chi connectivity index (χ4v) is 3.85. The van der Waals surface area contributed by atoms with Crippen LogP contribution in [0.25, 0.3) is 11.3 Å². The molecule has 0 radical (unpaired) electrons. The van der Waals surface area contributed by atoms with Gasteiger partial charge in [-0.25, -0.2) is 8.78 Å². The first-order valence-electron chi connectivity index (χ1n) is 9.50. The molecule has 1 amide bonds. The molecule has 1 aromatic heterocycles. The molecule has 2 aliphatic carbocycles. The predicted octanol–water partition coefficient (Wildman–Crippen LogP) is 5.30. The maximum Gasteiger partial charge on any atom is 0.395 e. The molecule has 1 aromatic carbocycles. The lowest BCUT2D eigenvalue weighted by Gasteiger charge is -2.27. The van der Waals surface area contributed by atoms with E-state index < -0.39 is 35.6 Å². The minimum absolute atomic E-state index is 0.0101. The van der Waals surface area contributed by atoms with Gasteiger partial charge in [0.05, 0.1) is 5.41 Å². The highest BCUT2D eigenvalue weighted by atomic mass is 19.4. The van der Waals surface area contributed by atoms with Gasteiger partial charge in [-0.15, -0.1) is 0 Å². The van der Waals surface area contributed by atoms with Gasteiger partial charge in [0.2, 0.25) is 5.91 Å². The molecule has 0 atom stereocenters. The van der Waals surface area contributed by atoms with Crippen molar-refractivity contribution in [2.24, 2.45) is 12.5 Å². The summed E-state index contributed by atoms with van der Waals surface area (Å²) in [5, 5.41) is 6.89. The molecule has 29 heavy (non-hydrogen) atoms. The average molecular weight is 413 g/mol. The second-order valence-electron chi connectivity index (χ2n) is 7.99. The van der Waals surface area contributed by atoms with Crippen molar-refractivity contribution in [2.45, 2.75) is 50.6 Å². The Labute approximate surface area is 164 Å². The standard InChI is InChI=1S/C20H20F5N3O/c1-28-18(26-15(29)10-19(7-8-19)20(23,24)25)16(11-3-2-4-11)17(27-28)13-6-5-12(21)9-14(13)22/h5-6,9,11H,2-4,7-8,10H2,1H3,(H,26,29). The number of aryl methyl sites for hydroxylation is 1. The summed E-state index contributed by atoms with van der Waals surface area (Å²) in [7, 11) is 1.54. The van der Waals surface area contributed by atoms with Crippen molar-refractivity contribution in [3.05, 3.63) is 35.4 Å². The van der Waals surface area contributed by atoms with E-state index in [1.807, 2.05) is 0 Å². The van der Waals surface area contributed by atoms with E-state index in [1.54, 1.807) is 7.05 Å². The second kappa shape index (κ2) is 6.81. The molecular weight excluding hydrogens is 393 g/mol. The van der Waals surface area contributed by atoms with Crippen molar-refractivity contribution in [2.75, 3.05) is 5.32 Å². The van der Waals surface area contributed by atoms with Crippen LogP contribution in [0.1, 0.15) is 50.0 Å². The van der Waals surface area contributed by atoms with E-state index in [2.05, 4.69) is 10.4 Å². The fraction of sp³-hybridized carbons (Fsp3) is 0.500. The summed E-state index contributed by atoms with van der Waals surface area (Å²) in [5.41, 5.74) is -0.979. The van der Waals surface area contributed by atoms with E-state index in [4.69, 9.17) is 0 Å². The van der Waals surface area contributed by atoms with Crippen LogP contribution in [0.2, 0.25) is 0 Å². The van der Waals surface area contributed by atoms with Crippen LogP contribution in [0.15, 0.2) is 18.2 Å². The molecule has 4 nitrogen and oxygen atoms in total. The summed E-state index contributed by atoms with van der Waals surface area (Å²) >= 11 is 0. The molecule has 156 valence electrons. The molecule has 2 fully saturated rings. The third-order valence-electron chi connectivity index (χ3n) is 6.00. The van der Waals surface area contributed by atoms with Crippen LogP contribution in [0, 0.1) is 17.0 Å². The number of nitrogens with zero attached hydrogens (tertiary/aromatic N) is 2. The number of rotatable bonds is 5. The van der Waals surface area contributed by atoms with Gasteiger partial charge in [0.1, 0.15) is 23.1 Å². The van der Waals surface area contributed by atoms with Crippen molar-refractivity contribution in [3.63, 3.8) is 0 Å². The van der Waals surface area contributed by atoms with Crippen molar-refractivity contribution in [1.29, 1.82) is 0 Å². The van der Waals surface area contributed by atoms with Gasteiger partial charge in [-0.3, -0.25) is 9.48 Å². The molecular formula is C20H20F5N3O. The van der Waals surface area contributed by atoms with Gasteiger partial charge in [-0.2, -0.15) is 18.3 Å². The number of carbonyl (C=O) groups excluding carboxylic acids is 1. The van der Waals surface area contributed by atoms with Crippen molar-refractivity contribution in [1.82, 2.24) is 9.78 Å². The van der Waals surface area contributed by atoms with Crippen LogP contribution in [-0.4, -0.2) is 21.9 Å². The molecule has 2 aromatic rings. The van der Waals surface area contributed by atoms with E-state index in [-0.39, 0.29) is 35.8 Å². The fourth-order valence-electron chi connectivity index (χ4n) is 3.85. The van der Waals surface area contributed by atoms with E-state index in [1.165, 1.54) is 10.7 Å². The zero-order chi connectivity index (χ0) is 21.0. The summed E-state index contributed by atoms with van der Waals surface area (Å²) < 4.78 is 68.5. The van der Waals surface area contributed by atoms with E-state index >= 15 is 0 Å². The number of benzene rings is 1. The Morgan fingerprint density at radius 1 is 1.28 bits per heavy atom. The zero-order valence-electron chi connectivity index (χ0n) is 15.7. The molecule has 0 saturated heterocycles. The quantitative estimate of drug-likeness (QED) is 0.676. The Morgan fingerprint density at radius 3 is 2.48 bits per heavy atom. The molecule has 0 aliphatic heterocycles. The number of carbonyl (C=O) groups is 1. The molecule has 9 heteroatoms. The van der Waals surface area contributed by atoms with Crippen molar-refractivity contribution >= 4 is 11.7 Å². The largest absolute Gasteiger partial charge is 0.395 e. The highest BCUT2D eigenvalue weighted by molar-refractivity contribution is 5.92. The molecule has 0 bridgehead atoms. The summed E-state index contributed by atoms with van der Waals surface area (Å²) in [6.07, 6.45) is -2.63. The molecule has 0 spiro atoms. The average Bonchev–Trinajstić information content (AvgIpc) is 3.29. The van der Waals surface area contributed by atoms with E-state index in [9.17, 15) is 26.7 Å².